The van der Waals surface area contributed by atoms with Gasteiger partial charge in [-0.3, -0.25) is 0 Å². The van der Waals surface area contributed by atoms with E-state index < -0.39 is 5.60 Å². The number of benzene rings is 1. The Kier molecular flexibility index (Phi) is 9.75. The number of aromatic amines is 1. The Labute approximate surface area is 213 Å². The number of ether oxygens (including phenoxy) is 3. The number of nitrogens with two attached hydrogens (primary N) is 1. The van der Waals surface area contributed by atoms with E-state index in [-0.39, 0.29) is 6.09 Å². The number of carbonyl (C=O) groups is 1. The average molecular weight is 500 g/mol. The number of carbonyl (C=O) groups excluding carboxylic acids is 1. The summed E-state index contributed by atoms with van der Waals surface area (Å²) in [5, 5.41) is 3.82. The van der Waals surface area contributed by atoms with Crippen molar-refractivity contribution >= 4 is 33.8 Å². The van der Waals surface area contributed by atoms with E-state index in [0.29, 0.717) is 37.7 Å². The van der Waals surface area contributed by atoms with Gasteiger partial charge in [-0.15, -0.1) is 0 Å². The van der Waals surface area contributed by atoms with E-state index in [4.69, 9.17) is 19.9 Å². The normalized spacial score (nSPS) is 11.8. The first kappa shape index (κ1) is 27.5. The van der Waals surface area contributed by atoms with Crippen LogP contribution in [0.15, 0.2) is 12.1 Å². The van der Waals surface area contributed by atoms with Crippen molar-refractivity contribution in [2.24, 2.45) is 0 Å². The van der Waals surface area contributed by atoms with Gasteiger partial charge in [0.05, 0.1) is 17.6 Å². The highest BCUT2D eigenvalue weighted by atomic mass is 16.6. The number of hydrogen-bond acceptors (Lipinski definition) is 7. The van der Waals surface area contributed by atoms with Gasteiger partial charge in [0.15, 0.2) is 5.82 Å². The molecule has 0 aliphatic rings. The predicted octanol–water partition coefficient (Wildman–Crippen LogP) is 5.65. The Morgan fingerprint density at radius 1 is 1.11 bits per heavy atom. The highest BCUT2D eigenvalue weighted by Crippen LogP contribution is 2.35. The third kappa shape index (κ3) is 7.46. The second-order valence-electron chi connectivity index (χ2n) is 9.92. The summed E-state index contributed by atoms with van der Waals surface area (Å²) in [7, 11) is 0. The zero-order valence-corrected chi connectivity index (χ0v) is 22.3. The molecule has 0 unspecified atom stereocenters. The van der Waals surface area contributed by atoms with Crippen molar-refractivity contribution < 1.29 is 19.0 Å². The summed E-state index contributed by atoms with van der Waals surface area (Å²) in [6.45, 7) is 11.9. The van der Waals surface area contributed by atoms with Gasteiger partial charge in [-0.1, -0.05) is 26.2 Å². The van der Waals surface area contributed by atoms with Gasteiger partial charge in [-0.2, -0.15) is 0 Å². The van der Waals surface area contributed by atoms with Gasteiger partial charge in [-0.25, -0.2) is 14.8 Å². The Morgan fingerprint density at radius 2 is 1.89 bits per heavy atom. The van der Waals surface area contributed by atoms with E-state index in [1.807, 2.05) is 39.8 Å². The molecule has 9 heteroatoms. The molecule has 2 heterocycles. The number of amides is 1. The van der Waals surface area contributed by atoms with Crippen LogP contribution in [0.4, 0.5) is 10.6 Å². The molecule has 0 radical (unpaired) electrons. The molecule has 0 fully saturated rings. The zero-order valence-electron chi connectivity index (χ0n) is 22.3. The van der Waals surface area contributed by atoms with E-state index in [9.17, 15) is 4.79 Å². The fourth-order valence-electron chi connectivity index (χ4n) is 4.13. The van der Waals surface area contributed by atoms with Crippen molar-refractivity contribution in [3.8, 4) is 5.75 Å². The van der Waals surface area contributed by atoms with Crippen LogP contribution in [-0.4, -0.2) is 46.4 Å². The Hall–Kier alpha value is -3.07. The van der Waals surface area contributed by atoms with Gasteiger partial charge in [-0.05, 0) is 59.1 Å². The summed E-state index contributed by atoms with van der Waals surface area (Å²) >= 11 is 0. The van der Waals surface area contributed by atoms with Crippen molar-refractivity contribution in [2.75, 3.05) is 25.5 Å². The highest BCUT2D eigenvalue weighted by molar-refractivity contribution is 6.08. The Bertz CT molecular complexity index is 1150. The molecule has 0 spiro atoms. The van der Waals surface area contributed by atoms with Crippen molar-refractivity contribution in [3.63, 3.8) is 0 Å². The third-order valence-corrected chi connectivity index (χ3v) is 5.67. The number of pyridine rings is 1. The van der Waals surface area contributed by atoms with Crippen molar-refractivity contribution in [1.82, 2.24) is 20.3 Å². The molecule has 3 rings (SSSR count). The number of unbranched alkanes of at least 4 members (excludes halogenated alkanes) is 3. The minimum atomic E-state index is -0.474. The lowest BCUT2D eigenvalue weighted by molar-refractivity contribution is 0.0527. The van der Waals surface area contributed by atoms with E-state index in [1.54, 1.807) is 0 Å². The third-order valence-electron chi connectivity index (χ3n) is 5.67. The number of alkyl carbamates (subject to hydrolysis) is 1. The quantitative estimate of drug-likeness (QED) is 0.260. The van der Waals surface area contributed by atoms with Crippen LogP contribution >= 0.6 is 0 Å². The lowest BCUT2D eigenvalue weighted by atomic mass is 10.0. The Morgan fingerprint density at radius 3 is 2.61 bits per heavy atom. The SMILES string of the molecule is CCCc1c(OCCCCCCNC(=O)OC(C)(C)C)ccc2nc(N)c3nc(COCC)[nH]c3c12. The summed E-state index contributed by atoms with van der Waals surface area (Å²) in [4.78, 5) is 24.3. The molecule has 0 saturated carbocycles. The molecule has 2 aromatic heterocycles. The van der Waals surface area contributed by atoms with Crippen LogP contribution in [0.25, 0.3) is 21.9 Å². The maximum absolute atomic E-state index is 11.7. The van der Waals surface area contributed by atoms with Crippen molar-refractivity contribution in [3.05, 3.63) is 23.5 Å². The van der Waals surface area contributed by atoms with E-state index in [2.05, 4.69) is 27.2 Å². The van der Waals surface area contributed by atoms with Crippen LogP contribution in [-0.2, 0) is 22.5 Å². The minimum absolute atomic E-state index is 0.363. The van der Waals surface area contributed by atoms with Crippen molar-refractivity contribution in [1.29, 1.82) is 0 Å². The summed E-state index contributed by atoms with van der Waals surface area (Å²) < 4.78 is 17.0. The fraction of sp³-hybridized carbons (Fsp3) is 0.593. The number of imidazole rings is 1. The number of nitrogen functional groups attached to an aromatic ring is 1. The van der Waals surface area contributed by atoms with Gasteiger partial charge < -0.3 is 30.2 Å². The lowest BCUT2D eigenvalue weighted by Gasteiger charge is -2.19. The van der Waals surface area contributed by atoms with Gasteiger partial charge >= 0.3 is 6.09 Å². The van der Waals surface area contributed by atoms with Crippen LogP contribution in [0.5, 0.6) is 5.75 Å². The molecule has 1 amide bonds. The molecular formula is C27H41N5O4. The van der Waals surface area contributed by atoms with Gasteiger partial charge in [0.2, 0.25) is 0 Å². The predicted molar refractivity (Wildman–Crippen MR) is 143 cm³/mol. The monoisotopic (exact) mass is 499 g/mol. The van der Waals surface area contributed by atoms with Crippen LogP contribution in [0, 0.1) is 0 Å². The summed E-state index contributed by atoms with van der Waals surface area (Å²) in [5.74, 6) is 2.03. The lowest BCUT2D eigenvalue weighted by Crippen LogP contribution is -2.32. The van der Waals surface area contributed by atoms with Crippen LogP contribution in [0.3, 0.4) is 0 Å². The Balaban J connectivity index is 1.61. The molecule has 4 N–H and O–H groups in total. The number of aromatic nitrogens is 3. The minimum Gasteiger partial charge on any atom is -0.493 e. The molecule has 0 aliphatic heterocycles. The van der Waals surface area contributed by atoms with Crippen LogP contribution in [0.1, 0.15) is 78.1 Å². The highest BCUT2D eigenvalue weighted by Gasteiger charge is 2.18. The van der Waals surface area contributed by atoms with Crippen LogP contribution < -0.4 is 15.8 Å². The van der Waals surface area contributed by atoms with E-state index >= 15 is 0 Å². The van der Waals surface area contributed by atoms with Gasteiger partial charge in [0.25, 0.3) is 0 Å². The first-order valence-electron chi connectivity index (χ1n) is 13.0. The molecule has 0 aliphatic carbocycles. The molecule has 9 nitrogen and oxygen atoms in total. The summed E-state index contributed by atoms with van der Waals surface area (Å²) in [6, 6.07) is 3.96. The molecule has 36 heavy (non-hydrogen) atoms. The number of fused-ring (bicyclic) bond motifs is 3. The molecule has 0 atom stereocenters. The number of nitrogens with zero attached hydrogens (tertiary/aromatic N) is 2. The number of hydrogen-bond donors (Lipinski definition) is 3. The first-order valence-corrected chi connectivity index (χ1v) is 13.0. The molecule has 0 saturated heterocycles. The molecule has 0 bridgehead atoms. The van der Waals surface area contributed by atoms with Crippen LogP contribution in [0.2, 0.25) is 0 Å². The van der Waals surface area contributed by atoms with Gasteiger partial charge in [0.1, 0.15) is 29.3 Å². The standard InChI is InChI=1S/C27H41N5O4/c1-6-12-18-20(35-16-11-9-8-10-15-29-26(33)36-27(3,4)5)14-13-19-22(18)23-24(25(28)30-19)32-21(31-23)17-34-7-2/h13-14H,6-12,15-17H2,1-5H3,(H2,28,30)(H,29,33)(H,31,32). The molecular weight excluding hydrogens is 458 g/mol. The number of rotatable bonds is 13. The number of nitrogens with one attached hydrogen (secondary N) is 2. The first-order chi connectivity index (χ1) is 17.2. The molecule has 198 valence electrons. The maximum Gasteiger partial charge on any atom is 0.407 e. The van der Waals surface area contributed by atoms with Crippen molar-refractivity contribution in [2.45, 2.75) is 85.4 Å². The summed E-state index contributed by atoms with van der Waals surface area (Å²) in [5.41, 5.74) is 9.27. The van der Waals surface area contributed by atoms with E-state index in [1.165, 1.54) is 0 Å². The average Bonchev–Trinajstić information content (AvgIpc) is 3.24. The number of anilines is 1. The molecule has 3 aromatic rings. The zero-order chi connectivity index (χ0) is 26.1. The second-order valence-corrected chi connectivity index (χ2v) is 9.92. The second kappa shape index (κ2) is 12.8. The smallest absolute Gasteiger partial charge is 0.407 e. The topological polar surface area (TPSA) is 124 Å². The number of H-pyrrole nitrogens is 1. The van der Waals surface area contributed by atoms with E-state index in [0.717, 1.165) is 72.1 Å². The summed E-state index contributed by atoms with van der Waals surface area (Å²) in [6.07, 6.45) is 5.36. The van der Waals surface area contributed by atoms with Gasteiger partial charge in [0, 0.05) is 24.1 Å². The fourth-order valence-corrected chi connectivity index (χ4v) is 4.13. The molecule has 1 aromatic carbocycles. The maximum atomic E-state index is 11.7. The number of aryl methyl sites for hydroxylation is 1. The largest absolute Gasteiger partial charge is 0.493 e.